The molecular formula is C14H23N3O. The summed E-state index contributed by atoms with van der Waals surface area (Å²) < 4.78 is 5.54. The minimum Gasteiger partial charge on any atom is -0.385 e. The molecule has 0 unspecified atom stereocenters. The number of aromatic nitrogens is 1. The molecule has 0 spiro atoms. The molecule has 0 aromatic carbocycles. The first-order valence-electron chi connectivity index (χ1n) is 6.63. The highest BCUT2D eigenvalue weighted by Gasteiger charge is 2.30. The number of hydrogen-bond donors (Lipinski definition) is 1. The smallest absolute Gasteiger partial charge is 0.0645 e. The maximum Gasteiger partial charge on any atom is 0.0645 e. The summed E-state index contributed by atoms with van der Waals surface area (Å²) in [6.07, 6.45) is 1.88. The second-order valence-corrected chi connectivity index (χ2v) is 5.35. The first kappa shape index (κ1) is 13.3. The van der Waals surface area contributed by atoms with Crippen LogP contribution in [0.3, 0.4) is 0 Å². The Morgan fingerprint density at radius 3 is 3.06 bits per heavy atom. The zero-order chi connectivity index (χ0) is 13.0. The molecule has 1 saturated heterocycles. The molecule has 1 N–H and O–H groups in total. The molecule has 1 aromatic heterocycles. The van der Waals surface area contributed by atoms with Crippen molar-refractivity contribution in [2.24, 2.45) is 0 Å². The van der Waals surface area contributed by atoms with Gasteiger partial charge in [-0.05, 0) is 32.9 Å². The van der Waals surface area contributed by atoms with Gasteiger partial charge in [0.2, 0.25) is 0 Å². The summed E-state index contributed by atoms with van der Waals surface area (Å²) in [4.78, 5) is 6.90. The van der Waals surface area contributed by atoms with E-state index in [9.17, 15) is 0 Å². The van der Waals surface area contributed by atoms with Crippen LogP contribution in [0.25, 0.3) is 0 Å². The van der Waals surface area contributed by atoms with E-state index in [1.807, 2.05) is 12.3 Å². The Labute approximate surface area is 109 Å². The van der Waals surface area contributed by atoms with Crippen molar-refractivity contribution in [2.75, 3.05) is 31.6 Å². The van der Waals surface area contributed by atoms with E-state index >= 15 is 0 Å². The third-order valence-electron chi connectivity index (χ3n) is 3.37. The monoisotopic (exact) mass is 249 g/mol. The molecule has 2 rings (SSSR count). The van der Waals surface area contributed by atoms with Crippen LogP contribution in [0.2, 0.25) is 0 Å². The largest absolute Gasteiger partial charge is 0.385 e. The summed E-state index contributed by atoms with van der Waals surface area (Å²) in [7, 11) is 0. The first-order chi connectivity index (χ1) is 8.62. The summed E-state index contributed by atoms with van der Waals surface area (Å²) in [5.41, 5.74) is 2.35. The molecule has 0 amide bonds. The van der Waals surface area contributed by atoms with E-state index in [1.165, 1.54) is 0 Å². The van der Waals surface area contributed by atoms with Gasteiger partial charge in [0.15, 0.2) is 0 Å². The molecule has 1 aliphatic heterocycles. The van der Waals surface area contributed by atoms with Crippen LogP contribution in [0.15, 0.2) is 18.3 Å². The topological polar surface area (TPSA) is 37.4 Å². The lowest BCUT2D eigenvalue weighted by Gasteiger charge is -2.41. The van der Waals surface area contributed by atoms with Gasteiger partial charge in [-0.3, -0.25) is 9.88 Å². The predicted molar refractivity (Wildman–Crippen MR) is 73.7 cm³/mol. The molecule has 18 heavy (non-hydrogen) atoms. The Hall–Kier alpha value is -1.13. The zero-order valence-electron chi connectivity index (χ0n) is 11.6. The van der Waals surface area contributed by atoms with Crippen molar-refractivity contribution in [1.29, 1.82) is 0 Å². The van der Waals surface area contributed by atoms with E-state index in [2.05, 4.69) is 42.0 Å². The van der Waals surface area contributed by atoms with Crippen LogP contribution in [-0.4, -0.2) is 41.7 Å². The van der Waals surface area contributed by atoms with Crippen molar-refractivity contribution in [3.63, 3.8) is 0 Å². The van der Waals surface area contributed by atoms with Gasteiger partial charge in [-0.25, -0.2) is 0 Å². The molecule has 4 nitrogen and oxygen atoms in total. The Bertz CT molecular complexity index is 392. The number of morpholine rings is 1. The van der Waals surface area contributed by atoms with Crippen LogP contribution in [0.4, 0.5) is 5.69 Å². The number of ether oxygens (including phenoxy) is 1. The van der Waals surface area contributed by atoms with E-state index < -0.39 is 0 Å². The van der Waals surface area contributed by atoms with E-state index in [0.717, 1.165) is 44.2 Å². The van der Waals surface area contributed by atoms with Gasteiger partial charge in [-0.15, -0.1) is 0 Å². The Balaban J connectivity index is 2.06. The van der Waals surface area contributed by atoms with Crippen LogP contribution >= 0.6 is 0 Å². The molecule has 0 aliphatic carbocycles. The molecule has 1 fully saturated rings. The van der Waals surface area contributed by atoms with Crippen molar-refractivity contribution >= 4 is 5.69 Å². The number of rotatable bonds is 4. The predicted octanol–water partition coefficient (Wildman–Crippen LogP) is 2.12. The van der Waals surface area contributed by atoms with E-state index in [4.69, 9.17) is 4.74 Å². The fraction of sp³-hybridized carbons (Fsp3) is 0.643. The number of anilines is 1. The van der Waals surface area contributed by atoms with Crippen LogP contribution in [0.5, 0.6) is 0 Å². The lowest BCUT2D eigenvalue weighted by atomic mass is 10.0. The summed E-state index contributed by atoms with van der Waals surface area (Å²) in [6.45, 7) is 10.9. The highest BCUT2D eigenvalue weighted by molar-refractivity contribution is 5.42. The molecule has 2 heterocycles. The van der Waals surface area contributed by atoms with Crippen LogP contribution in [0.1, 0.15) is 26.5 Å². The maximum absolute atomic E-state index is 5.54. The summed E-state index contributed by atoms with van der Waals surface area (Å²) in [5.74, 6) is 0. The highest BCUT2D eigenvalue weighted by atomic mass is 16.5. The fourth-order valence-corrected chi connectivity index (χ4v) is 2.26. The standard InChI is InChI=1S/C14H23N3O/c1-4-15-12-5-6-16-13(9-12)10-17-7-8-18-11-14(17,2)3/h5-6,9H,4,7-8,10-11H2,1-3H3,(H,15,16). The molecule has 0 radical (unpaired) electrons. The minimum absolute atomic E-state index is 0.0914. The van der Waals surface area contributed by atoms with Crippen molar-refractivity contribution in [2.45, 2.75) is 32.9 Å². The van der Waals surface area contributed by atoms with Gasteiger partial charge in [0.25, 0.3) is 0 Å². The quantitative estimate of drug-likeness (QED) is 0.887. The lowest BCUT2D eigenvalue weighted by molar-refractivity contribution is -0.0557. The SMILES string of the molecule is CCNc1ccnc(CN2CCOCC2(C)C)c1. The zero-order valence-corrected chi connectivity index (χ0v) is 11.6. The highest BCUT2D eigenvalue weighted by Crippen LogP contribution is 2.21. The lowest BCUT2D eigenvalue weighted by Crippen LogP contribution is -2.52. The van der Waals surface area contributed by atoms with Crippen LogP contribution < -0.4 is 5.32 Å². The number of nitrogens with one attached hydrogen (secondary N) is 1. The fourth-order valence-electron chi connectivity index (χ4n) is 2.26. The Morgan fingerprint density at radius 2 is 2.33 bits per heavy atom. The number of hydrogen-bond acceptors (Lipinski definition) is 4. The van der Waals surface area contributed by atoms with Crippen molar-refractivity contribution < 1.29 is 4.74 Å². The van der Waals surface area contributed by atoms with Gasteiger partial charge in [0.1, 0.15) is 0 Å². The van der Waals surface area contributed by atoms with Crippen molar-refractivity contribution in [3.05, 3.63) is 24.0 Å². The number of pyridine rings is 1. The molecule has 0 saturated carbocycles. The van der Waals surface area contributed by atoms with Gasteiger partial charge in [-0.1, -0.05) is 0 Å². The average molecular weight is 249 g/mol. The van der Waals surface area contributed by atoms with Gasteiger partial charge >= 0.3 is 0 Å². The number of nitrogens with zero attached hydrogens (tertiary/aromatic N) is 2. The molecule has 1 aliphatic rings. The molecule has 100 valence electrons. The second-order valence-electron chi connectivity index (χ2n) is 5.35. The molecule has 0 atom stereocenters. The van der Waals surface area contributed by atoms with Gasteiger partial charge in [0, 0.05) is 37.1 Å². The van der Waals surface area contributed by atoms with Gasteiger partial charge in [-0.2, -0.15) is 0 Å². The Morgan fingerprint density at radius 1 is 1.50 bits per heavy atom. The summed E-state index contributed by atoms with van der Waals surface area (Å²) >= 11 is 0. The third kappa shape index (κ3) is 3.21. The molecular weight excluding hydrogens is 226 g/mol. The van der Waals surface area contributed by atoms with E-state index in [1.54, 1.807) is 0 Å². The van der Waals surface area contributed by atoms with Crippen LogP contribution in [0, 0.1) is 0 Å². The first-order valence-corrected chi connectivity index (χ1v) is 6.63. The van der Waals surface area contributed by atoms with Crippen molar-refractivity contribution in [1.82, 2.24) is 9.88 Å². The molecule has 0 bridgehead atoms. The van der Waals surface area contributed by atoms with E-state index in [-0.39, 0.29) is 5.54 Å². The Kier molecular flexibility index (Phi) is 4.19. The average Bonchev–Trinajstić information content (AvgIpc) is 2.33. The van der Waals surface area contributed by atoms with Gasteiger partial charge < -0.3 is 10.1 Å². The van der Waals surface area contributed by atoms with Gasteiger partial charge in [0.05, 0.1) is 18.9 Å². The minimum atomic E-state index is 0.0914. The summed E-state index contributed by atoms with van der Waals surface area (Å²) in [5, 5.41) is 3.32. The van der Waals surface area contributed by atoms with E-state index in [0.29, 0.717) is 0 Å². The van der Waals surface area contributed by atoms with Crippen LogP contribution in [-0.2, 0) is 11.3 Å². The third-order valence-corrected chi connectivity index (χ3v) is 3.37. The second kappa shape index (κ2) is 5.67. The summed E-state index contributed by atoms with van der Waals surface area (Å²) in [6, 6.07) is 4.15. The normalized spacial score (nSPS) is 19.7. The van der Waals surface area contributed by atoms with Crippen molar-refractivity contribution in [3.8, 4) is 0 Å². The molecule has 4 heteroatoms. The molecule has 1 aromatic rings. The maximum atomic E-state index is 5.54.